The second-order valence-electron chi connectivity index (χ2n) is 6.05. The number of hydrogen-bond donors (Lipinski definition) is 2. The van der Waals surface area contributed by atoms with Gasteiger partial charge in [0.05, 0.1) is 0 Å². The van der Waals surface area contributed by atoms with Crippen LogP contribution in [0.2, 0.25) is 5.02 Å². The summed E-state index contributed by atoms with van der Waals surface area (Å²) >= 11 is 5.92. The fraction of sp³-hybridized carbons (Fsp3) is 0.500. The van der Waals surface area contributed by atoms with Gasteiger partial charge in [0.15, 0.2) is 0 Å². The predicted octanol–water partition coefficient (Wildman–Crippen LogP) is 1.45. The van der Waals surface area contributed by atoms with E-state index in [9.17, 15) is 9.59 Å². The van der Waals surface area contributed by atoms with E-state index in [-0.39, 0.29) is 18.0 Å². The summed E-state index contributed by atoms with van der Waals surface area (Å²) in [7, 11) is 1.83. The molecule has 2 N–H and O–H groups in total. The molecule has 0 unspecified atom stereocenters. The largest absolute Gasteiger partial charge is 0.371 e. The molecule has 3 amide bonds. The molecule has 2 aliphatic heterocycles. The predicted molar refractivity (Wildman–Crippen MR) is 89.8 cm³/mol. The van der Waals surface area contributed by atoms with E-state index in [0.29, 0.717) is 6.54 Å². The molecule has 2 aliphatic rings. The summed E-state index contributed by atoms with van der Waals surface area (Å²) in [6.07, 6.45) is 1.83. The summed E-state index contributed by atoms with van der Waals surface area (Å²) in [5, 5.41) is 6.01. The smallest absolute Gasteiger partial charge is 0.315 e. The molecule has 0 aliphatic carbocycles. The maximum Gasteiger partial charge on any atom is 0.315 e. The molecule has 23 heavy (non-hydrogen) atoms. The Hall–Kier alpha value is -1.95. The third-order valence-electron chi connectivity index (χ3n) is 4.62. The quantitative estimate of drug-likeness (QED) is 0.878. The number of carbonyl (C=O) groups is 2. The molecule has 1 aromatic rings. The Balaban J connectivity index is 1.54. The molecule has 3 rings (SSSR count). The summed E-state index contributed by atoms with van der Waals surface area (Å²) in [6.45, 7) is 2.17. The Morgan fingerprint density at radius 3 is 2.48 bits per heavy atom. The topological polar surface area (TPSA) is 64.7 Å². The van der Waals surface area contributed by atoms with E-state index in [1.807, 2.05) is 31.3 Å². The van der Waals surface area contributed by atoms with Crippen molar-refractivity contribution in [3.8, 4) is 0 Å². The molecule has 0 spiro atoms. The number of piperidine rings is 1. The maximum atomic E-state index is 12.4. The minimum absolute atomic E-state index is 0.0201. The Labute approximate surface area is 140 Å². The van der Waals surface area contributed by atoms with E-state index in [1.165, 1.54) is 0 Å². The van der Waals surface area contributed by atoms with E-state index in [4.69, 9.17) is 11.6 Å². The maximum absolute atomic E-state index is 12.4. The molecule has 0 saturated carbocycles. The first-order valence-electron chi connectivity index (χ1n) is 7.86. The highest BCUT2D eigenvalue weighted by atomic mass is 35.5. The summed E-state index contributed by atoms with van der Waals surface area (Å²) in [5.41, 5.74) is 1.16. The summed E-state index contributed by atoms with van der Waals surface area (Å²) in [5.74, 6) is -0.0201. The van der Waals surface area contributed by atoms with Crippen LogP contribution in [0.25, 0.3) is 0 Å². The number of benzene rings is 1. The Kier molecular flexibility index (Phi) is 4.61. The number of amides is 3. The van der Waals surface area contributed by atoms with Crippen molar-refractivity contribution in [1.29, 1.82) is 0 Å². The Morgan fingerprint density at radius 2 is 1.91 bits per heavy atom. The van der Waals surface area contributed by atoms with Gasteiger partial charge in [-0.1, -0.05) is 11.6 Å². The molecule has 0 bridgehead atoms. The number of urea groups is 1. The van der Waals surface area contributed by atoms with Crippen LogP contribution >= 0.6 is 11.6 Å². The minimum atomic E-state index is -0.443. The molecule has 1 atom stereocenters. The van der Waals surface area contributed by atoms with Crippen LogP contribution in [0.15, 0.2) is 24.3 Å². The van der Waals surface area contributed by atoms with Gasteiger partial charge in [-0.2, -0.15) is 0 Å². The van der Waals surface area contributed by atoms with Gasteiger partial charge in [0.1, 0.15) is 6.04 Å². The number of nitrogens with zero attached hydrogens (tertiary/aromatic N) is 2. The third-order valence-corrected chi connectivity index (χ3v) is 4.87. The molecule has 2 saturated heterocycles. The zero-order valence-electron chi connectivity index (χ0n) is 13.1. The minimum Gasteiger partial charge on any atom is -0.371 e. The average molecular weight is 337 g/mol. The third kappa shape index (κ3) is 3.52. The van der Waals surface area contributed by atoms with Crippen molar-refractivity contribution in [3.05, 3.63) is 29.3 Å². The number of nitrogens with one attached hydrogen (secondary N) is 2. The van der Waals surface area contributed by atoms with E-state index >= 15 is 0 Å². The first kappa shape index (κ1) is 15.9. The van der Waals surface area contributed by atoms with Gasteiger partial charge < -0.3 is 20.4 Å². The van der Waals surface area contributed by atoms with Crippen molar-refractivity contribution in [3.63, 3.8) is 0 Å². The van der Waals surface area contributed by atoms with Crippen LogP contribution in [0.1, 0.15) is 12.8 Å². The fourth-order valence-corrected chi connectivity index (χ4v) is 3.32. The lowest BCUT2D eigenvalue weighted by Gasteiger charge is -2.38. The van der Waals surface area contributed by atoms with Crippen LogP contribution in [-0.2, 0) is 4.79 Å². The van der Waals surface area contributed by atoms with Gasteiger partial charge in [0, 0.05) is 43.4 Å². The highest BCUT2D eigenvalue weighted by Crippen LogP contribution is 2.24. The summed E-state index contributed by atoms with van der Waals surface area (Å²) in [6, 6.07) is 7.34. The van der Waals surface area contributed by atoms with Crippen LogP contribution in [-0.4, -0.2) is 55.6 Å². The highest BCUT2D eigenvalue weighted by Gasteiger charge is 2.33. The van der Waals surface area contributed by atoms with E-state index in [0.717, 1.165) is 36.6 Å². The molecule has 2 heterocycles. The number of likely N-dealkylation sites (N-methyl/N-ethyl adjacent to an activating group) is 1. The molecular formula is C16H21ClN4O2. The Bertz CT molecular complexity index is 584. The van der Waals surface area contributed by atoms with Gasteiger partial charge in [-0.15, -0.1) is 0 Å². The zero-order chi connectivity index (χ0) is 16.4. The molecule has 0 aromatic heterocycles. The zero-order valence-corrected chi connectivity index (χ0v) is 13.8. The SMILES string of the molecule is CN(C(=O)[C@H]1CNC(=O)N1)C1CCN(c2ccc(Cl)cc2)CC1. The second-order valence-corrected chi connectivity index (χ2v) is 6.49. The second kappa shape index (κ2) is 6.66. The van der Waals surface area contributed by atoms with Crippen LogP contribution < -0.4 is 15.5 Å². The first-order valence-corrected chi connectivity index (χ1v) is 8.24. The number of anilines is 1. The van der Waals surface area contributed by atoms with E-state index in [2.05, 4.69) is 15.5 Å². The van der Waals surface area contributed by atoms with E-state index < -0.39 is 6.04 Å². The molecule has 2 fully saturated rings. The van der Waals surface area contributed by atoms with Crippen molar-refractivity contribution in [2.75, 3.05) is 31.6 Å². The molecular weight excluding hydrogens is 316 g/mol. The normalized spacial score (nSPS) is 21.7. The van der Waals surface area contributed by atoms with Gasteiger partial charge in [-0.3, -0.25) is 4.79 Å². The molecule has 124 valence electrons. The van der Waals surface area contributed by atoms with Crippen molar-refractivity contribution in [1.82, 2.24) is 15.5 Å². The summed E-state index contributed by atoms with van der Waals surface area (Å²) in [4.78, 5) is 27.7. The standard InChI is InChI=1S/C16H21ClN4O2/c1-20(15(22)14-10-18-16(23)19-14)12-6-8-21(9-7-12)13-4-2-11(17)3-5-13/h2-5,12,14H,6-10H2,1H3,(H2,18,19,23)/t14-/m1/s1. The molecule has 1 aromatic carbocycles. The van der Waals surface area contributed by atoms with Crippen molar-refractivity contribution in [2.24, 2.45) is 0 Å². The van der Waals surface area contributed by atoms with Gasteiger partial charge in [0.2, 0.25) is 5.91 Å². The van der Waals surface area contributed by atoms with Gasteiger partial charge in [0.25, 0.3) is 0 Å². The van der Waals surface area contributed by atoms with Crippen molar-refractivity contribution < 1.29 is 9.59 Å². The average Bonchev–Trinajstić information content (AvgIpc) is 3.01. The van der Waals surface area contributed by atoms with Crippen LogP contribution in [0.3, 0.4) is 0 Å². The van der Waals surface area contributed by atoms with E-state index in [1.54, 1.807) is 4.90 Å². The van der Waals surface area contributed by atoms with Gasteiger partial charge in [-0.05, 0) is 37.1 Å². The lowest BCUT2D eigenvalue weighted by atomic mass is 10.0. The highest BCUT2D eigenvalue weighted by molar-refractivity contribution is 6.30. The van der Waals surface area contributed by atoms with Gasteiger partial charge in [-0.25, -0.2) is 4.79 Å². The first-order chi connectivity index (χ1) is 11.0. The molecule has 6 nitrogen and oxygen atoms in total. The van der Waals surface area contributed by atoms with Crippen molar-refractivity contribution >= 4 is 29.2 Å². The number of rotatable bonds is 3. The lowest BCUT2D eigenvalue weighted by molar-refractivity contribution is -0.133. The van der Waals surface area contributed by atoms with Crippen LogP contribution in [0, 0.1) is 0 Å². The number of carbonyl (C=O) groups excluding carboxylic acids is 2. The van der Waals surface area contributed by atoms with Crippen LogP contribution in [0.5, 0.6) is 0 Å². The van der Waals surface area contributed by atoms with Crippen molar-refractivity contribution in [2.45, 2.75) is 24.9 Å². The Morgan fingerprint density at radius 1 is 1.26 bits per heavy atom. The monoisotopic (exact) mass is 336 g/mol. The summed E-state index contributed by atoms with van der Waals surface area (Å²) < 4.78 is 0. The molecule has 0 radical (unpaired) electrons. The fourth-order valence-electron chi connectivity index (χ4n) is 3.19. The lowest BCUT2D eigenvalue weighted by Crippen LogP contribution is -2.51. The van der Waals surface area contributed by atoms with Crippen LogP contribution in [0.4, 0.5) is 10.5 Å². The number of hydrogen-bond acceptors (Lipinski definition) is 3. The number of halogens is 1. The molecule has 7 heteroatoms. The van der Waals surface area contributed by atoms with Gasteiger partial charge >= 0.3 is 6.03 Å².